The van der Waals surface area contributed by atoms with Crippen molar-refractivity contribution in [3.63, 3.8) is 0 Å². The van der Waals surface area contributed by atoms with Crippen LogP contribution >= 0.6 is 0 Å². The summed E-state index contributed by atoms with van der Waals surface area (Å²) in [5.41, 5.74) is 1.10. The van der Waals surface area contributed by atoms with Crippen LogP contribution in [0.25, 0.3) is 11.0 Å². The molecule has 0 fully saturated rings. The molecule has 2 aromatic heterocycles. The van der Waals surface area contributed by atoms with Gasteiger partial charge in [0.2, 0.25) is 11.7 Å². The number of carbonyl (C=O) groups excluding carboxylic acids is 2. The molecule has 7 nitrogen and oxygen atoms in total. The van der Waals surface area contributed by atoms with E-state index >= 15 is 0 Å². The van der Waals surface area contributed by atoms with Gasteiger partial charge in [-0.15, -0.1) is 0 Å². The van der Waals surface area contributed by atoms with Crippen molar-refractivity contribution >= 4 is 22.7 Å². The molecule has 0 saturated heterocycles. The zero-order valence-corrected chi connectivity index (χ0v) is 18.1. The van der Waals surface area contributed by atoms with Crippen LogP contribution in [0.5, 0.6) is 5.75 Å². The van der Waals surface area contributed by atoms with Crippen molar-refractivity contribution in [2.75, 3.05) is 7.11 Å². The molecule has 1 unspecified atom stereocenters. The molecule has 2 aromatic carbocycles. The Labute approximate surface area is 193 Å². The molecule has 8 heteroatoms. The number of halogens is 1. The first-order valence-corrected chi connectivity index (χ1v) is 10.5. The second kappa shape index (κ2) is 8.47. The maximum Gasteiger partial charge on any atom is 0.240 e. The number of Topliss-reactive ketones (excluding diaryl/α,β-unsaturated/α-hetero) is 1. The van der Waals surface area contributed by atoms with Gasteiger partial charge in [0.1, 0.15) is 5.82 Å². The van der Waals surface area contributed by atoms with Crippen LogP contribution in [0.2, 0.25) is 0 Å². The third kappa shape index (κ3) is 3.59. The average Bonchev–Trinajstić information content (AvgIpc) is 3.39. The summed E-state index contributed by atoms with van der Waals surface area (Å²) < 4.78 is 25.2. The number of benzene rings is 2. The lowest BCUT2D eigenvalue weighted by Crippen LogP contribution is -2.32. The second-order valence-corrected chi connectivity index (χ2v) is 7.86. The summed E-state index contributed by atoms with van der Waals surface area (Å²) >= 11 is 0. The lowest BCUT2D eigenvalue weighted by atomic mass is 9.94. The Morgan fingerprint density at radius 1 is 1.18 bits per heavy atom. The number of ketones is 1. The Morgan fingerprint density at radius 2 is 2.00 bits per heavy atom. The predicted octanol–water partition coefficient (Wildman–Crippen LogP) is 2.98. The molecule has 0 saturated carbocycles. The van der Waals surface area contributed by atoms with Crippen molar-refractivity contribution in [3.8, 4) is 5.75 Å². The summed E-state index contributed by atoms with van der Waals surface area (Å²) in [6, 6.07) is 14.7. The molecule has 0 aliphatic carbocycles. The highest BCUT2D eigenvalue weighted by atomic mass is 19.1. The molecule has 34 heavy (non-hydrogen) atoms. The first-order valence-electron chi connectivity index (χ1n) is 10.5. The van der Waals surface area contributed by atoms with E-state index in [1.165, 1.54) is 36.3 Å². The smallest absolute Gasteiger partial charge is 0.240 e. The zero-order chi connectivity index (χ0) is 23.8. The number of hydrogen-bond donors (Lipinski definition) is 0. The van der Waals surface area contributed by atoms with Crippen LogP contribution < -0.4 is 14.8 Å². The van der Waals surface area contributed by atoms with Gasteiger partial charge < -0.3 is 19.2 Å². The van der Waals surface area contributed by atoms with Gasteiger partial charge in [0.05, 0.1) is 19.7 Å². The molecule has 4 aromatic rings. The van der Waals surface area contributed by atoms with Gasteiger partial charge in [-0.2, -0.15) is 0 Å². The minimum atomic E-state index is -1.07. The van der Waals surface area contributed by atoms with Gasteiger partial charge in [0, 0.05) is 22.6 Å². The highest BCUT2D eigenvalue weighted by Crippen LogP contribution is 2.40. The number of carbonyl (C=O) groups is 2. The van der Waals surface area contributed by atoms with Crippen molar-refractivity contribution in [2.24, 2.45) is 0 Å². The molecule has 0 radical (unpaired) electrons. The van der Waals surface area contributed by atoms with Gasteiger partial charge in [-0.25, -0.2) is 9.37 Å². The van der Waals surface area contributed by atoms with E-state index < -0.39 is 29.3 Å². The van der Waals surface area contributed by atoms with E-state index in [1.807, 2.05) is 0 Å². The maximum atomic E-state index is 14.1. The van der Waals surface area contributed by atoms with Crippen LogP contribution in [0.3, 0.4) is 0 Å². The quantitative estimate of drug-likeness (QED) is 0.414. The molecule has 170 valence electrons. The summed E-state index contributed by atoms with van der Waals surface area (Å²) in [6.45, 7) is 0.0494. The third-order valence-corrected chi connectivity index (χ3v) is 5.77. The van der Waals surface area contributed by atoms with Gasteiger partial charge >= 0.3 is 0 Å². The number of H-pyrrole nitrogens is 1. The number of para-hydroxylation sites is 1. The number of nitrogens with one attached hydrogen (secondary N) is 1. The van der Waals surface area contributed by atoms with Gasteiger partial charge in [0.25, 0.3) is 0 Å². The number of furan rings is 1. The van der Waals surface area contributed by atoms with E-state index in [2.05, 4.69) is 4.98 Å². The molecule has 1 atom stereocenters. The summed E-state index contributed by atoms with van der Waals surface area (Å²) in [7, 11) is 1.48. The fourth-order valence-corrected chi connectivity index (χ4v) is 4.22. The number of ether oxygens (including phenoxy) is 1. The van der Waals surface area contributed by atoms with E-state index in [0.29, 0.717) is 27.8 Å². The third-order valence-electron chi connectivity index (χ3n) is 5.77. The molecule has 1 aliphatic rings. The summed E-state index contributed by atoms with van der Waals surface area (Å²) in [5, 5.41) is 13.7. The van der Waals surface area contributed by atoms with Crippen molar-refractivity contribution in [3.05, 3.63) is 107 Å². The van der Waals surface area contributed by atoms with Crippen LogP contribution in [0.15, 0.2) is 88.8 Å². The zero-order valence-electron chi connectivity index (χ0n) is 18.1. The Kier molecular flexibility index (Phi) is 5.33. The minimum absolute atomic E-state index is 0.0494. The fraction of sp³-hybridized carbons (Fsp3) is 0.115. The average molecular weight is 458 g/mol. The summed E-state index contributed by atoms with van der Waals surface area (Å²) in [6.07, 6.45) is 3.40. The lowest BCUT2D eigenvalue weighted by Gasteiger charge is -2.27. The second-order valence-electron chi connectivity index (χ2n) is 7.86. The van der Waals surface area contributed by atoms with E-state index in [1.54, 1.807) is 48.8 Å². The lowest BCUT2D eigenvalue weighted by molar-refractivity contribution is -0.378. The van der Waals surface area contributed by atoms with Gasteiger partial charge in [-0.1, -0.05) is 24.3 Å². The SMILES string of the molecule is COc1cccc2cc(C(=O)C3=C([O-])C(=O)N(Cc4ccc[nH+]c4)C3c3cccc(F)c3)oc12. The molecule has 1 N–H and O–H groups in total. The minimum Gasteiger partial charge on any atom is -0.868 e. The number of aromatic nitrogens is 1. The van der Waals surface area contributed by atoms with Crippen LogP contribution in [-0.2, 0) is 11.3 Å². The van der Waals surface area contributed by atoms with Gasteiger partial charge in [-0.3, -0.25) is 9.59 Å². The highest BCUT2D eigenvalue weighted by molar-refractivity contribution is 6.15. The number of amides is 1. The summed E-state index contributed by atoms with van der Waals surface area (Å²) in [5.74, 6) is -2.72. The first kappa shape index (κ1) is 21.4. The number of fused-ring (bicyclic) bond motifs is 1. The van der Waals surface area contributed by atoms with E-state index in [9.17, 15) is 19.1 Å². The van der Waals surface area contributed by atoms with Crippen LogP contribution in [-0.4, -0.2) is 23.7 Å². The number of pyridine rings is 1. The van der Waals surface area contributed by atoms with Gasteiger partial charge in [-0.05, 0) is 41.7 Å². The molecular weight excluding hydrogens is 439 g/mol. The normalized spacial score (nSPS) is 15.9. The molecule has 1 aliphatic heterocycles. The van der Waals surface area contributed by atoms with Crippen LogP contribution in [0, 0.1) is 5.82 Å². The van der Waals surface area contributed by atoms with E-state index in [-0.39, 0.29) is 17.9 Å². The van der Waals surface area contributed by atoms with Crippen molar-refractivity contribution in [1.29, 1.82) is 0 Å². The molecule has 5 rings (SSSR count). The predicted molar refractivity (Wildman–Crippen MR) is 117 cm³/mol. The Bertz CT molecular complexity index is 1440. The van der Waals surface area contributed by atoms with Gasteiger partial charge in [0.15, 0.2) is 29.5 Å². The summed E-state index contributed by atoms with van der Waals surface area (Å²) in [4.78, 5) is 30.8. The fourth-order valence-electron chi connectivity index (χ4n) is 4.22. The van der Waals surface area contributed by atoms with Crippen LogP contribution in [0.1, 0.15) is 27.7 Å². The Morgan fingerprint density at radius 3 is 2.74 bits per heavy atom. The Balaban J connectivity index is 1.61. The molecule has 3 heterocycles. The Hall–Kier alpha value is -4.46. The number of nitrogens with zero attached hydrogens (tertiary/aromatic N) is 1. The number of rotatable bonds is 6. The largest absolute Gasteiger partial charge is 0.868 e. The van der Waals surface area contributed by atoms with Crippen molar-refractivity contribution < 1.29 is 33.2 Å². The van der Waals surface area contributed by atoms with E-state index in [4.69, 9.17) is 9.15 Å². The number of aromatic amines is 1. The monoisotopic (exact) mass is 458 g/mol. The van der Waals surface area contributed by atoms with E-state index in [0.717, 1.165) is 0 Å². The molecule has 0 spiro atoms. The first-order chi connectivity index (χ1) is 16.5. The molecule has 1 amide bonds. The number of hydrogen-bond acceptors (Lipinski definition) is 5. The number of methoxy groups -OCH3 is 1. The highest BCUT2D eigenvalue weighted by Gasteiger charge is 2.40. The molecule has 0 bridgehead atoms. The maximum absolute atomic E-state index is 14.1. The van der Waals surface area contributed by atoms with Crippen LogP contribution in [0.4, 0.5) is 4.39 Å². The van der Waals surface area contributed by atoms with Crippen molar-refractivity contribution in [1.82, 2.24) is 4.90 Å². The topological polar surface area (TPSA) is 97.0 Å². The molecular formula is C26H19FN2O5. The van der Waals surface area contributed by atoms with Crippen molar-refractivity contribution in [2.45, 2.75) is 12.6 Å². The standard InChI is InChI=1S/C26H19FN2O5/c1-33-19-9-3-7-17-12-20(34-25(17)19)23(30)21-22(16-6-2-8-18(27)11-16)29(26(32)24(21)31)14-15-5-4-10-28-13-15/h2-13,22,31H,14H2,1H3.